The standard InChI is InChI=1S/C15H15N7O4/c1-19-11-12(20(2)15(24)21(3)13(11)23)17-14(19)18-16-8-9-5-4-6-10(7-9)22(25)26/h4-8H,1-3H3,(H,17,18)/b16-8+. The molecule has 0 aliphatic heterocycles. The Labute approximate surface area is 146 Å². The zero-order valence-electron chi connectivity index (χ0n) is 14.2. The molecule has 0 spiro atoms. The van der Waals surface area contributed by atoms with Gasteiger partial charge >= 0.3 is 5.69 Å². The van der Waals surface area contributed by atoms with Crippen LogP contribution in [0.1, 0.15) is 5.56 Å². The van der Waals surface area contributed by atoms with Gasteiger partial charge in [0.05, 0.1) is 11.1 Å². The lowest BCUT2D eigenvalue weighted by atomic mass is 10.2. The number of aromatic nitrogens is 4. The molecule has 0 unspecified atom stereocenters. The number of rotatable bonds is 4. The van der Waals surface area contributed by atoms with Crippen molar-refractivity contribution in [2.75, 3.05) is 5.43 Å². The first-order valence-corrected chi connectivity index (χ1v) is 7.47. The Bertz CT molecular complexity index is 1170. The smallest absolute Gasteiger partial charge is 0.306 e. The Morgan fingerprint density at radius 3 is 2.62 bits per heavy atom. The highest BCUT2D eigenvalue weighted by Gasteiger charge is 2.16. The molecule has 11 heteroatoms. The van der Waals surface area contributed by atoms with E-state index in [4.69, 9.17) is 0 Å². The van der Waals surface area contributed by atoms with Crippen molar-refractivity contribution in [2.24, 2.45) is 26.2 Å². The summed E-state index contributed by atoms with van der Waals surface area (Å²) in [5, 5.41) is 14.8. The molecule has 134 valence electrons. The lowest BCUT2D eigenvalue weighted by Gasteiger charge is -2.03. The summed E-state index contributed by atoms with van der Waals surface area (Å²) in [7, 11) is 4.53. The molecule has 2 heterocycles. The number of non-ortho nitro benzene ring substituents is 1. The minimum atomic E-state index is -0.494. The van der Waals surface area contributed by atoms with Gasteiger partial charge < -0.3 is 4.57 Å². The molecule has 0 bridgehead atoms. The first-order chi connectivity index (χ1) is 12.3. The van der Waals surface area contributed by atoms with Crippen molar-refractivity contribution in [1.82, 2.24) is 18.7 Å². The first kappa shape index (κ1) is 17.1. The Hall–Kier alpha value is -3.76. The number of benzene rings is 1. The van der Waals surface area contributed by atoms with Gasteiger partial charge in [-0.25, -0.2) is 10.2 Å². The molecule has 1 aromatic carbocycles. The van der Waals surface area contributed by atoms with Gasteiger partial charge in [-0.05, 0) is 0 Å². The third kappa shape index (κ3) is 2.75. The highest BCUT2D eigenvalue weighted by atomic mass is 16.6. The Balaban J connectivity index is 1.96. The Morgan fingerprint density at radius 2 is 1.92 bits per heavy atom. The predicted molar refractivity (Wildman–Crippen MR) is 95.5 cm³/mol. The third-order valence-electron chi connectivity index (χ3n) is 3.93. The average Bonchev–Trinajstić information content (AvgIpc) is 2.95. The Morgan fingerprint density at radius 1 is 1.19 bits per heavy atom. The average molecular weight is 357 g/mol. The van der Waals surface area contributed by atoms with Crippen molar-refractivity contribution in [3.63, 3.8) is 0 Å². The number of imidazole rings is 1. The van der Waals surface area contributed by atoms with Gasteiger partial charge in [0.25, 0.3) is 11.2 Å². The second-order valence-electron chi connectivity index (χ2n) is 5.59. The van der Waals surface area contributed by atoms with E-state index in [9.17, 15) is 19.7 Å². The van der Waals surface area contributed by atoms with Gasteiger partial charge in [0.2, 0.25) is 5.95 Å². The molecule has 0 aliphatic carbocycles. The number of hydrogen-bond donors (Lipinski definition) is 1. The number of nitrogens with one attached hydrogen (secondary N) is 1. The zero-order valence-corrected chi connectivity index (χ0v) is 14.2. The molecule has 3 rings (SSSR count). The van der Waals surface area contributed by atoms with Crippen LogP contribution in [-0.4, -0.2) is 29.8 Å². The minimum absolute atomic E-state index is 0.0461. The van der Waals surface area contributed by atoms with E-state index in [2.05, 4.69) is 15.5 Å². The van der Waals surface area contributed by atoms with E-state index in [0.29, 0.717) is 5.56 Å². The van der Waals surface area contributed by atoms with Crippen LogP contribution >= 0.6 is 0 Å². The van der Waals surface area contributed by atoms with E-state index in [1.165, 1.54) is 41.6 Å². The molecular weight excluding hydrogens is 342 g/mol. The number of aryl methyl sites for hydroxylation is 2. The highest BCUT2D eigenvalue weighted by molar-refractivity contribution is 5.81. The van der Waals surface area contributed by atoms with Crippen molar-refractivity contribution in [1.29, 1.82) is 0 Å². The number of anilines is 1. The molecule has 0 fully saturated rings. The number of nitro groups is 1. The van der Waals surface area contributed by atoms with Crippen molar-refractivity contribution in [3.8, 4) is 0 Å². The molecule has 0 amide bonds. The summed E-state index contributed by atoms with van der Waals surface area (Å²) in [5.41, 5.74) is 2.70. The quantitative estimate of drug-likeness (QED) is 0.407. The molecule has 3 aromatic rings. The van der Waals surface area contributed by atoms with Crippen LogP contribution in [0.5, 0.6) is 0 Å². The molecule has 1 N–H and O–H groups in total. The number of nitro benzene ring substituents is 1. The van der Waals surface area contributed by atoms with Gasteiger partial charge in [0.1, 0.15) is 0 Å². The van der Waals surface area contributed by atoms with Crippen LogP contribution in [-0.2, 0) is 21.1 Å². The second-order valence-corrected chi connectivity index (χ2v) is 5.59. The monoisotopic (exact) mass is 357 g/mol. The maximum absolute atomic E-state index is 12.3. The number of hydrazone groups is 1. The van der Waals surface area contributed by atoms with Gasteiger partial charge in [-0.15, -0.1) is 0 Å². The fraction of sp³-hybridized carbons (Fsp3) is 0.200. The largest absolute Gasteiger partial charge is 0.332 e. The summed E-state index contributed by atoms with van der Waals surface area (Å²) in [6, 6.07) is 5.96. The van der Waals surface area contributed by atoms with Crippen molar-refractivity contribution in [2.45, 2.75) is 0 Å². The summed E-state index contributed by atoms with van der Waals surface area (Å²) < 4.78 is 3.76. The fourth-order valence-electron chi connectivity index (χ4n) is 2.50. The van der Waals surface area contributed by atoms with E-state index in [0.717, 1.165) is 4.57 Å². The van der Waals surface area contributed by atoms with Crippen LogP contribution in [0.2, 0.25) is 0 Å². The van der Waals surface area contributed by atoms with E-state index in [-0.39, 0.29) is 22.8 Å². The molecule has 0 saturated heterocycles. The summed E-state index contributed by atoms with van der Waals surface area (Å²) in [4.78, 5) is 38.8. The lowest BCUT2D eigenvalue weighted by molar-refractivity contribution is -0.384. The molecule has 0 aliphatic rings. The summed E-state index contributed by atoms with van der Waals surface area (Å²) >= 11 is 0. The molecule has 0 atom stereocenters. The van der Waals surface area contributed by atoms with Crippen LogP contribution in [0.4, 0.5) is 11.6 Å². The maximum Gasteiger partial charge on any atom is 0.332 e. The van der Waals surface area contributed by atoms with Gasteiger partial charge in [-0.1, -0.05) is 12.1 Å². The molecule has 11 nitrogen and oxygen atoms in total. The van der Waals surface area contributed by atoms with E-state index >= 15 is 0 Å². The van der Waals surface area contributed by atoms with Gasteiger partial charge in [0.15, 0.2) is 11.2 Å². The summed E-state index contributed by atoms with van der Waals surface area (Å²) in [6.07, 6.45) is 1.39. The number of nitrogens with zero attached hydrogens (tertiary/aromatic N) is 6. The van der Waals surface area contributed by atoms with Crippen LogP contribution in [0.25, 0.3) is 11.2 Å². The summed E-state index contributed by atoms with van der Waals surface area (Å²) in [6.45, 7) is 0. The highest BCUT2D eigenvalue weighted by Crippen LogP contribution is 2.14. The minimum Gasteiger partial charge on any atom is -0.306 e. The van der Waals surface area contributed by atoms with Crippen LogP contribution in [0.3, 0.4) is 0 Å². The van der Waals surface area contributed by atoms with Crippen molar-refractivity contribution < 1.29 is 4.92 Å². The Kier molecular flexibility index (Phi) is 4.12. The van der Waals surface area contributed by atoms with Crippen LogP contribution in [0.15, 0.2) is 39.0 Å². The molecule has 2 aromatic heterocycles. The zero-order chi connectivity index (χ0) is 19.0. The first-order valence-electron chi connectivity index (χ1n) is 7.47. The predicted octanol–water partition coefficient (Wildman–Crippen LogP) is 0.325. The van der Waals surface area contributed by atoms with Crippen LogP contribution < -0.4 is 16.7 Å². The van der Waals surface area contributed by atoms with E-state index < -0.39 is 16.2 Å². The lowest BCUT2D eigenvalue weighted by Crippen LogP contribution is -2.37. The molecule has 0 saturated carbocycles. The maximum atomic E-state index is 12.3. The molecule has 0 radical (unpaired) electrons. The van der Waals surface area contributed by atoms with E-state index in [1.807, 2.05) is 0 Å². The van der Waals surface area contributed by atoms with Gasteiger partial charge in [-0.3, -0.25) is 24.0 Å². The number of fused-ring (bicyclic) bond motifs is 1. The fourth-order valence-corrected chi connectivity index (χ4v) is 2.50. The number of hydrogen-bond acceptors (Lipinski definition) is 7. The van der Waals surface area contributed by atoms with Gasteiger partial charge in [-0.2, -0.15) is 10.1 Å². The van der Waals surface area contributed by atoms with Crippen molar-refractivity contribution >= 4 is 29.0 Å². The van der Waals surface area contributed by atoms with Gasteiger partial charge in [0, 0.05) is 38.8 Å². The van der Waals surface area contributed by atoms with E-state index in [1.54, 1.807) is 19.2 Å². The second kappa shape index (κ2) is 6.27. The third-order valence-corrected chi connectivity index (χ3v) is 3.93. The summed E-state index contributed by atoms with van der Waals surface area (Å²) in [5.74, 6) is 0.250. The SMILES string of the molecule is Cn1c(=O)c2c(nc(N/N=C/c3cccc([N+](=O)[O-])c3)n2C)n(C)c1=O. The molecule has 26 heavy (non-hydrogen) atoms. The molecular formula is C15H15N7O4. The normalized spacial score (nSPS) is 11.3. The topological polar surface area (TPSA) is 129 Å². The van der Waals surface area contributed by atoms with Crippen molar-refractivity contribution in [3.05, 3.63) is 60.8 Å². The van der Waals surface area contributed by atoms with Crippen LogP contribution in [0, 0.1) is 10.1 Å².